The molecule has 6 heteroatoms. The highest BCUT2D eigenvalue weighted by molar-refractivity contribution is 8.76. The Kier molecular flexibility index (Phi) is 4.08. The van der Waals surface area contributed by atoms with E-state index in [-0.39, 0.29) is 0 Å². The van der Waals surface area contributed by atoms with E-state index in [1.807, 2.05) is 38.1 Å². The number of fused-ring (bicyclic) bond motifs is 2. The lowest BCUT2D eigenvalue weighted by molar-refractivity contribution is 0.923. The lowest BCUT2D eigenvalue weighted by atomic mass is 10.1. The lowest BCUT2D eigenvalue weighted by Gasteiger charge is -2.07. The van der Waals surface area contributed by atoms with Crippen molar-refractivity contribution in [3.8, 4) is 0 Å². The van der Waals surface area contributed by atoms with E-state index in [1.54, 1.807) is 21.6 Å². The summed E-state index contributed by atoms with van der Waals surface area (Å²) in [6.45, 7) is 3.96. The Morgan fingerprint density at radius 1 is 0.542 bits per heavy atom. The summed E-state index contributed by atoms with van der Waals surface area (Å²) in [5.41, 5.74) is 1.89. The summed E-state index contributed by atoms with van der Waals surface area (Å²) in [6, 6.07) is 16.4. The Balaban J connectivity index is 1.72. The second-order valence-electron chi connectivity index (χ2n) is 5.44. The minimum Gasteiger partial charge on any atom is -0.154 e. The highest BCUT2D eigenvalue weighted by atomic mass is 33.1. The summed E-state index contributed by atoms with van der Waals surface area (Å²) in [5, 5.41) is 23.6. The predicted octanol–water partition coefficient (Wildman–Crippen LogP) is 4.99. The van der Waals surface area contributed by atoms with Gasteiger partial charge in [0.15, 0.2) is 0 Å². The third-order valence-electron chi connectivity index (χ3n) is 3.88. The van der Waals surface area contributed by atoms with Crippen molar-refractivity contribution >= 4 is 43.1 Å². The Hall–Kier alpha value is -2.18. The van der Waals surface area contributed by atoms with Crippen LogP contribution < -0.4 is 0 Å². The molecule has 0 amide bonds. The van der Waals surface area contributed by atoms with E-state index in [4.69, 9.17) is 0 Å². The molecule has 0 fully saturated rings. The van der Waals surface area contributed by atoms with Crippen LogP contribution in [0, 0.1) is 13.8 Å². The van der Waals surface area contributed by atoms with E-state index in [0.29, 0.717) is 0 Å². The maximum absolute atomic E-state index is 4.36. The zero-order valence-electron chi connectivity index (χ0n) is 13.2. The average Bonchev–Trinajstić information content (AvgIpc) is 2.63. The Bertz CT molecular complexity index is 964. The predicted molar refractivity (Wildman–Crippen MR) is 100 cm³/mol. The Labute approximate surface area is 147 Å². The van der Waals surface area contributed by atoms with Crippen LogP contribution in [-0.4, -0.2) is 20.4 Å². The highest BCUT2D eigenvalue weighted by Gasteiger charge is 2.11. The maximum atomic E-state index is 4.36. The topological polar surface area (TPSA) is 51.6 Å². The number of rotatable bonds is 3. The second-order valence-corrected chi connectivity index (χ2v) is 7.55. The standard InChI is InChI=1S/C18H14N4S2/c1-11-13-7-3-5-9-15(13)17(21-19-11)23-24-18-16-10-6-4-8-14(16)12(2)20-22-18/h3-10H,1-2H3. The molecule has 4 aromatic rings. The quantitative estimate of drug-likeness (QED) is 0.485. The van der Waals surface area contributed by atoms with E-state index in [1.165, 1.54) is 0 Å². The fourth-order valence-corrected chi connectivity index (χ4v) is 4.68. The number of benzene rings is 2. The number of aromatic nitrogens is 4. The molecular formula is C18H14N4S2. The molecule has 118 valence electrons. The first-order chi connectivity index (χ1) is 11.7. The maximum Gasteiger partial charge on any atom is 0.138 e. The van der Waals surface area contributed by atoms with Gasteiger partial charge in [0.2, 0.25) is 0 Å². The second kappa shape index (κ2) is 6.37. The van der Waals surface area contributed by atoms with Crippen molar-refractivity contribution in [3.63, 3.8) is 0 Å². The number of hydrogen-bond donors (Lipinski definition) is 0. The van der Waals surface area contributed by atoms with Gasteiger partial charge in [-0.3, -0.25) is 0 Å². The van der Waals surface area contributed by atoms with Crippen LogP contribution in [0.2, 0.25) is 0 Å². The zero-order chi connectivity index (χ0) is 16.5. The van der Waals surface area contributed by atoms with E-state index >= 15 is 0 Å². The van der Waals surface area contributed by atoms with Crippen molar-refractivity contribution in [2.24, 2.45) is 0 Å². The van der Waals surface area contributed by atoms with Crippen LogP contribution in [0.3, 0.4) is 0 Å². The Morgan fingerprint density at radius 2 is 0.917 bits per heavy atom. The molecule has 4 nitrogen and oxygen atoms in total. The third kappa shape index (κ3) is 2.72. The van der Waals surface area contributed by atoms with Crippen molar-refractivity contribution in [2.75, 3.05) is 0 Å². The lowest BCUT2D eigenvalue weighted by Crippen LogP contribution is -1.93. The summed E-state index contributed by atoms with van der Waals surface area (Å²) < 4.78 is 0. The van der Waals surface area contributed by atoms with Gasteiger partial charge in [0.1, 0.15) is 10.1 Å². The molecule has 0 unspecified atom stereocenters. The third-order valence-corrected chi connectivity index (χ3v) is 6.08. The molecular weight excluding hydrogens is 336 g/mol. The SMILES string of the molecule is Cc1nnc(SSc2nnc(C)c3ccccc23)c2ccccc12. The minimum atomic E-state index is 0.896. The number of nitrogens with zero attached hydrogens (tertiary/aromatic N) is 4. The Morgan fingerprint density at radius 3 is 1.33 bits per heavy atom. The largest absolute Gasteiger partial charge is 0.154 e. The van der Waals surface area contributed by atoms with Gasteiger partial charge < -0.3 is 0 Å². The van der Waals surface area contributed by atoms with Crippen molar-refractivity contribution in [1.29, 1.82) is 0 Å². The van der Waals surface area contributed by atoms with Gasteiger partial charge >= 0.3 is 0 Å². The van der Waals surface area contributed by atoms with Crippen LogP contribution in [0.5, 0.6) is 0 Å². The van der Waals surface area contributed by atoms with Gasteiger partial charge in [-0.1, -0.05) is 48.5 Å². The highest BCUT2D eigenvalue weighted by Crippen LogP contribution is 2.41. The molecule has 4 rings (SSSR count). The molecule has 0 atom stereocenters. The summed E-state index contributed by atoms with van der Waals surface area (Å²) in [5.74, 6) is 0. The summed E-state index contributed by atoms with van der Waals surface area (Å²) in [6.07, 6.45) is 0. The fourth-order valence-electron chi connectivity index (χ4n) is 2.63. The van der Waals surface area contributed by atoms with Gasteiger partial charge in [-0.2, -0.15) is 10.2 Å². The molecule has 24 heavy (non-hydrogen) atoms. The normalized spacial score (nSPS) is 11.2. The summed E-state index contributed by atoms with van der Waals surface area (Å²) >= 11 is 0. The van der Waals surface area contributed by atoms with E-state index in [0.717, 1.165) is 43.0 Å². The molecule has 0 radical (unpaired) electrons. The van der Waals surface area contributed by atoms with E-state index in [9.17, 15) is 0 Å². The first-order valence-corrected chi connectivity index (χ1v) is 9.67. The molecule has 2 heterocycles. The molecule has 0 bridgehead atoms. The van der Waals surface area contributed by atoms with Crippen LogP contribution >= 0.6 is 21.6 Å². The first-order valence-electron chi connectivity index (χ1n) is 7.52. The van der Waals surface area contributed by atoms with Crippen molar-refractivity contribution in [2.45, 2.75) is 23.9 Å². The zero-order valence-corrected chi connectivity index (χ0v) is 14.9. The molecule has 0 N–H and O–H groups in total. The molecule has 0 saturated carbocycles. The van der Waals surface area contributed by atoms with Crippen molar-refractivity contribution < 1.29 is 0 Å². The fraction of sp³-hybridized carbons (Fsp3) is 0.111. The van der Waals surface area contributed by atoms with Crippen LogP contribution in [0.25, 0.3) is 21.5 Å². The smallest absolute Gasteiger partial charge is 0.138 e. The van der Waals surface area contributed by atoms with Crippen LogP contribution in [-0.2, 0) is 0 Å². The van der Waals surface area contributed by atoms with Gasteiger partial charge in [0.25, 0.3) is 0 Å². The molecule has 2 aromatic heterocycles. The first kappa shape index (κ1) is 15.4. The minimum absolute atomic E-state index is 0.896. The molecule has 0 saturated heterocycles. The van der Waals surface area contributed by atoms with Gasteiger partial charge in [0, 0.05) is 21.5 Å². The van der Waals surface area contributed by atoms with Crippen molar-refractivity contribution in [3.05, 3.63) is 59.9 Å². The molecule has 2 aromatic carbocycles. The van der Waals surface area contributed by atoms with Gasteiger partial charge in [-0.05, 0) is 35.4 Å². The molecule has 0 aliphatic carbocycles. The molecule has 0 spiro atoms. The van der Waals surface area contributed by atoms with E-state index < -0.39 is 0 Å². The van der Waals surface area contributed by atoms with Crippen molar-refractivity contribution in [1.82, 2.24) is 20.4 Å². The molecule has 0 aliphatic heterocycles. The average molecular weight is 350 g/mol. The van der Waals surface area contributed by atoms with Crippen LogP contribution in [0.1, 0.15) is 11.4 Å². The number of aryl methyl sites for hydroxylation is 2. The summed E-state index contributed by atoms with van der Waals surface area (Å²) in [4.78, 5) is 0. The number of hydrogen-bond acceptors (Lipinski definition) is 6. The van der Waals surface area contributed by atoms with Gasteiger partial charge in [-0.25, -0.2) is 0 Å². The summed E-state index contributed by atoms with van der Waals surface area (Å²) in [7, 11) is 3.15. The van der Waals surface area contributed by atoms with Crippen LogP contribution in [0.15, 0.2) is 58.6 Å². The monoisotopic (exact) mass is 350 g/mol. The van der Waals surface area contributed by atoms with Gasteiger partial charge in [-0.15, -0.1) is 10.2 Å². The molecule has 0 aliphatic rings. The van der Waals surface area contributed by atoms with E-state index in [2.05, 4.69) is 44.7 Å². The van der Waals surface area contributed by atoms with Crippen LogP contribution in [0.4, 0.5) is 0 Å². The van der Waals surface area contributed by atoms with Gasteiger partial charge in [0.05, 0.1) is 11.4 Å².